The maximum Gasteiger partial charge on any atom is 0.239 e. The van der Waals surface area contributed by atoms with Crippen molar-refractivity contribution in [3.8, 4) is 0 Å². The lowest BCUT2D eigenvalue weighted by molar-refractivity contribution is -0.121. The molecule has 0 aliphatic heterocycles. The fourth-order valence-corrected chi connectivity index (χ4v) is 1.55. The Labute approximate surface area is 129 Å². The molecule has 0 aromatic heterocycles. The molecule has 0 aliphatic rings. The molecule has 22 heavy (non-hydrogen) atoms. The van der Waals surface area contributed by atoms with Crippen molar-refractivity contribution < 1.29 is 14.4 Å². The van der Waals surface area contributed by atoms with Crippen LogP contribution in [0.15, 0.2) is 29.4 Å². The van der Waals surface area contributed by atoms with E-state index in [0.717, 1.165) is 0 Å². The molecule has 3 amide bonds. The standard InChI is InChI=1S/C15H20N4O3/c1-4-14(21)19-18-10(2)9-15(22)17-13-7-5-12(6-8-13)16-11(3)20/h5-8H,4,9H2,1-3H3,(H,16,20)(H,17,22)(H,19,21)/b18-10+. The smallest absolute Gasteiger partial charge is 0.239 e. The molecule has 0 aliphatic carbocycles. The van der Waals surface area contributed by atoms with Crippen molar-refractivity contribution in [1.29, 1.82) is 0 Å². The van der Waals surface area contributed by atoms with Gasteiger partial charge >= 0.3 is 0 Å². The van der Waals surface area contributed by atoms with Crippen molar-refractivity contribution in [1.82, 2.24) is 5.43 Å². The first-order chi connectivity index (χ1) is 10.4. The third-order valence-corrected chi connectivity index (χ3v) is 2.60. The summed E-state index contributed by atoms with van der Waals surface area (Å²) in [5.74, 6) is -0.592. The zero-order chi connectivity index (χ0) is 16.5. The predicted octanol–water partition coefficient (Wildman–Crippen LogP) is 1.88. The van der Waals surface area contributed by atoms with Crippen LogP contribution in [0.25, 0.3) is 0 Å². The molecule has 118 valence electrons. The van der Waals surface area contributed by atoms with Gasteiger partial charge in [0.2, 0.25) is 17.7 Å². The Balaban J connectivity index is 2.51. The van der Waals surface area contributed by atoms with Crippen LogP contribution in [0, 0.1) is 0 Å². The molecule has 0 saturated carbocycles. The third kappa shape index (κ3) is 6.65. The molecule has 0 spiro atoms. The number of hydrogen-bond donors (Lipinski definition) is 3. The second-order valence-corrected chi connectivity index (χ2v) is 4.72. The van der Waals surface area contributed by atoms with Gasteiger partial charge in [-0.1, -0.05) is 6.92 Å². The summed E-state index contributed by atoms with van der Waals surface area (Å²) in [7, 11) is 0. The van der Waals surface area contributed by atoms with E-state index in [-0.39, 0.29) is 24.1 Å². The number of nitrogens with zero attached hydrogens (tertiary/aromatic N) is 1. The minimum absolute atomic E-state index is 0.0808. The second-order valence-electron chi connectivity index (χ2n) is 4.72. The molecule has 0 heterocycles. The van der Waals surface area contributed by atoms with Gasteiger partial charge in [0.25, 0.3) is 0 Å². The molecule has 0 saturated heterocycles. The van der Waals surface area contributed by atoms with E-state index in [4.69, 9.17) is 0 Å². The maximum absolute atomic E-state index is 11.8. The van der Waals surface area contributed by atoms with Gasteiger partial charge in [-0.3, -0.25) is 14.4 Å². The number of anilines is 2. The van der Waals surface area contributed by atoms with Gasteiger partial charge in [-0.15, -0.1) is 0 Å². The molecule has 1 aromatic carbocycles. The van der Waals surface area contributed by atoms with E-state index in [0.29, 0.717) is 23.5 Å². The highest BCUT2D eigenvalue weighted by molar-refractivity contribution is 6.05. The summed E-state index contributed by atoms with van der Waals surface area (Å²) in [4.78, 5) is 33.8. The molecular weight excluding hydrogens is 284 g/mol. The van der Waals surface area contributed by atoms with Gasteiger partial charge in [0.05, 0.1) is 6.42 Å². The van der Waals surface area contributed by atoms with Crippen LogP contribution >= 0.6 is 0 Å². The molecule has 3 N–H and O–H groups in total. The van der Waals surface area contributed by atoms with Crippen LogP contribution in [0.2, 0.25) is 0 Å². The first kappa shape index (κ1) is 17.4. The van der Waals surface area contributed by atoms with Gasteiger partial charge in [-0.25, -0.2) is 5.43 Å². The largest absolute Gasteiger partial charge is 0.326 e. The van der Waals surface area contributed by atoms with Crippen LogP contribution in [0.5, 0.6) is 0 Å². The predicted molar refractivity (Wildman–Crippen MR) is 85.5 cm³/mol. The second kappa shape index (κ2) is 8.56. The quantitative estimate of drug-likeness (QED) is 0.552. The fourth-order valence-electron chi connectivity index (χ4n) is 1.55. The highest BCUT2D eigenvalue weighted by Crippen LogP contribution is 2.13. The van der Waals surface area contributed by atoms with Crippen molar-refractivity contribution in [3.05, 3.63) is 24.3 Å². The molecule has 0 radical (unpaired) electrons. The summed E-state index contributed by atoms with van der Waals surface area (Å²) in [5.41, 5.74) is 4.14. The average molecular weight is 304 g/mol. The average Bonchev–Trinajstić information content (AvgIpc) is 2.46. The molecule has 7 nitrogen and oxygen atoms in total. The minimum Gasteiger partial charge on any atom is -0.326 e. The minimum atomic E-state index is -0.237. The Hall–Kier alpha value is -2.70. The number of amides is 3. The molecule has 0 fully saturated rings. The third-order valence-electron chi connectivity index (χ3n) is 2.60. The van der Waals surface area contributed by atoms with Gasteiger partial charge in [0.1, 0.15) is 0 Å². The topological polar surface area (TPSA) is 99.7 Å². The number of hydrogen-bond acceptors (Lipinski definition) is 4. The molecule has 1 aromatic rings. The van der Waals surface area contributed by atoms with E-state index in [1.54, 1.807) is 38.1 Å². The van der Waals surface area contributed by atoms with Crippen LogP contribution in [0.3, 0.4) is 0 Å². The highest BCUT2D eigenvalue weighted by Gasteiger charge is 2.05. The summed E-state index contributed by atoms with van der Waals surface area (Å²) in [6.45, 7) is 4.81. The Bertz CT molecular complexity index is 579. The first-order valence-corrected chi connectivity index (χ1v) is 6.90. The summed E-state index contributed by atoms with van der Waals surface area (Å²) < 4.78 is 0. The SMILES string of the molecule is CCC(=O)N/N=C(\C)CC(=O)Nc1ccc(NC(C)=O)cc1. The van der Waals surface area contributed by atoms with Crippen molar-refractivity contribution in [2.24, 2.45) is 5.10 Å². The summed E-state index contributed by atoms with van der Waals surface area (Å²) in [6, 6.07) is 6.77. The molecule has 7 heteroatoms. The van der Waals surface area contributed by atoms with Gasteiger partial charge in [-0.05, 0) is 31.2 Å². The number of carbonyl (C=O) groups is 3. The number of nitrogens with one attached hydrogen (secondary N) is 3. The first-order valence-electron chi connectivity index (χ1n) is 6.90. The lowest BCUT2D eigenvalue weighted by Gasteiger charge is -2.07. The molecular formula is C15H20N4O3. The number of rotatable bonds is 6. The Morgan fingerprint density at radius 1 is 0.955 bits per heavy atom. The zero-order valence-electron chi connectivity index (χ0n) is 12.9. The van der Waals surface area contributed by atoms with Crippen molar-refractivity contribution in [3.63, 3.8) is 0 Å². The molecule has 1 rings (SSSR count). The summed E-state index contributed by atoms with van der Waals surface area (Å²) >= 11 is 0. The van der Waals surface area contributed by atoms with E-state index < -0.39 is 0 Å². The van der Waals surface area contributed by atoms with Crippen LogP contribution < -0.4 is 16.1 Å². The van der Waals surface area contributed by atoms with Crippen LogP contribution in [-0.2, 0) is 14.4 Å². The molecule has 0 bridgehead atoms. The Kier molecular flexibility index (Phi) is 6.75. The van der Waals surface area contributed by atoms with Crippen LogP contribution in [0.1, 0.15) is 33.6 Å². The van der Waals surface area contributed by atoms with Crippen molar-refractivity contribution in [2.45, 2.75) is 33.6 Å². The van der Waals surface area contributed by atoms with E-state index in [1.807, 2.05) is 0 Å². The number of hydrazone groups is 1. The van der Waals surface area contributed by atoms with Crippen molar-refractivity contribution >= 4 is 34.8 Å². The highest BCUT2D eigenvalue weighted by atomic mass is 16.2. The Morgan fingerprint density at radius 2 is 1.50 bits per heavy atom. The monoisotopic (exact) mass is 304 g/mol. The fraction of sp³-hybridized carbons (Fsp3) is 0.333. The van der Waals surface area contributed by atoms with Gasteiger partial charge in [-0.2, -0.15) is 5.10 Å². The normalized spacial score (nSPS) is 10.8. The molecule has 0 atom stereocenters. The maximum atomic E-state index is 11.8. The molecule has 0 unspecified atom stereocenters. The lowest BCUT2D eigenvalue weighted by atomic mass is 10.2. The zero-order valence-corrected chi connectivity index (χ0v) is 12.9. The van der Waals surface area contributed by atoms with Gasteiger partial charge in [0, 0.05) is 30.4 Å². The van der Waals surface area contributed by atoms with E-state index in [2.05, 4.69) is 21.2 Å². The van der Waals surface area contributed by atoms with Crippen LogP contribution in [0.4, 0.5) is 11.4 Å². The number of carbonyl (C=O) groups excluding carboxylic acids is 3. The van der Waals surface area contributed by atoms with Crippen LogP contribution in [-0.4, -0.2) is 23.4 Å². The Morgan fingerprint density at radius 3 is 2.00 bits per heavy atom. The number of benzene rings is 1. The van der Waals surface area contributed by atoms with Crippen molar-refractivity contribution in [2.75, 3.05) is 10.6 Å². The lowest BCUT2D eigenvalue weighted by Crippen LogP contribution is -2.20. The van der Waals surface area contributed by atoms with E-state index >= 15 is 0 Å². The summed E-state index contributed by atoms with van der Waals surface area (Å²) in [6.07, 6.45) is 0.418. The summed E-state index contributed by atoms with van der Waals surface area (Å²) in [5, 5.41) is 9.18. The van der Waals surface area contributed by atoms with Gasteiger partial charge < -0.3 is 10.6 Å². The van der Waals surface area contributed by atoms with E-state index in [9.17, 15) is 14.4 Å². The van der Waals surface area contributed by atoms with Gasteiger partial charge in [0.15, 0.2) is 0 Å². The van der Waals surface area contributed by atoms with E-state index in [1.165, 1.54) is 6.92 Å².